The number of benzene rings is 1. The first-order valence-corrected chi connectivity index (χ1v) is 9.96. The van der Waals surface area contributed by atoms with E-state index >= 15 is 0 Å². The second-order valence-corrected chi connectivity index (χ2v) is 7.67. The lowest BCUT2D eigenvalue weighted by Gasteiger charge is -2.31. The van der Waals surface area contributed by atoms with Gasteiger partial charge >= 0.3 is 0 Å². The summed E-state index contributed by atoms with van der Waals surface area (Å²) >= 11 is 0. The second-order valence-electron chi connectivity index (χ2n) is 7.67. The number of hydrogen-bond acceptors (Lipinski definition) is 4. The Kier molecular flexibility index (Phi) is 7.24. The van der Waals surface area contributed by atoms with Crippen LogP contribution in [-0.4, -0.2) is 74.6 Å². The quantitative estimate of drug-likeness (QED) is 0.750. The van der Waals surface area contributed by atoms with E-state index in [-0.39, 0.29) is 17.7 Å². The number of amides is 2. The molecular formula is C21H31N3O3. The van der Waals surface area contributed by atoms with Gasteiger partial charge in [-0.2, -0.15) is 0 Å². The number of rotatable bonds is 8. The zero-order chi connectivity index (χ0) is 19.1. The summed E-state index contributed by atoms with van der Waals surface area (Å²) in [6.07, 6.45) is 2.72. The van der Waals surface area contributed by atoms with Gasteiger partial charge in [-0.15, -0.1) is 0 Å². The van der Waals surface area contributed by atoms with Crippen LogP contribution in [0.5, 0.6) is 0 Å². The molecule has 2 aliphatic rings. The van der Waals surface area contributed by atoms with Crippen molar-refractivity contribution < 1.29 is 14.3 Å². The molecule has 1 N–H and O–H groups in total. The SMILES string of the molecule is COCCN1C[C@@H](CNC(=O)CN2CCC(c3ccccc3)CC2)CC1=O. The number of nitrogens with zero attached hydrogens (tertiary/aromatic N) is 2. The van der Waals surface area contributed by atoms with Gasteiger partial charge < -0.3 is 15.0 Å². The maximum Gasteiger partial charge on any atom is 0.234 e. The van der Waals surface area contributed by atoms with E-state index < -0.39 is 0 Å². The maximum absolute atomic E-state index is 12.3. The minimum absolute atomic E-state index is 0.0657. The van der Waals surface area contributed by atoms with Gasteiger partial charge in [0.1, 0.15) is 0 Å². The Bertz CT molecular complexity index is 614. The summed E-state index contributed by atoms with van der Waals surface area (Å²) in [6.45, 7) is 4.86. The van der Waals surface area contributed by atoms with Gasteiger partial charge in [-0.1, -0.05) is 30.3 Å². The highest BCUT2D eigenvalue weighted by Crippen LogP contribution is 2.27. The summed E-state index contributed by atoms with van der Waals surface area (Å²) in [7, 11) is 1.64. The third-order valence-corrected chi connectivity index (χ3v) is 5.67. The number of methoxy groups -OCH3 is 1. The number of hydrogen-bond donors (Lipinski definition) is 1. The van der Waals surface area contributed by atoms with E-state index in [2.05, 4.69) is 40.5 Å². The Labute approximate surface area is 161 Å². The standard InChI is InChI=1S/C21H31N3O3/c1-27-12-11-24-15-17(13-21(24)26)14-22-20(25)16-23-9-7-19(8-10-23)18-5-3-2-4-6-18/h2-6,17,19H,7-16H2,1H3,(H,22,25)/t17-/m1/s1. The summed E-state index contributed by atoms with van der Waals surface area (Å²) in [4.78, 5) is 28.3. The molecule has 1 aromatic rings. The Morgan fingerprint density at radius 1 is 1.22 bits per heavy atom. The molecule has 0 aromatic heterocycles. The van der Waals surface area contributed by atoms with Gasteiger partial charge in [0, 0.05) is 39.1 Å². The van der Waals surface area contributed by atoms with Crippen LogP contribution in [-0.2, 0) is 14.3 Å². The molecule has 6 nitrogen and oxygen atoms in total. The lowest BCUT2D eigenvalue weighted by Crippen LogP contribution is -2.42. The predicted molar refractivity (Wildman–Crippen MR) is 104 cm³/mol. The summed E-state index contributed by atoms with van der Waals surface area (Å²) < 4.78 is 5.04. The molecule has 2 amide bonds. The number of nitrogens with one attached hydrogen (secondary N) is 1. The van der Waals surface area contributed by atoms with Crippen LogP contribution in [0.2, 0.25) is 0 Å². The summed E-state index contributed by atoms with van der Waals surface area (Å²) in [6, 6.07) is 10.6. The van der Waals surface area contributed by atoms with Gasteiger partial charge in [-0.3, -0.25) is 14.5 Å². The third-order valence-electron chi connectivity index (χ3n) is 5.67. The van der Waals surface area contributed by atoms with E-state index in [4.69, 9.17) is 4.74 Å². The van der Waals surface area contributed by atoms with E-state index in [1.54, 1.807) is 7.11 Å². The van der Waals surface area contributed by atoms with E-state index in [1.807, 2.05) is 4.90 Å². The molecule has 3 rings (SSSR count). The topological polar surface area (TPSA) is 61.9 Å². The number of carbonyl (C=O) groups excluding carboxylic acids is 2. The van der Waals surface area contributed by atoms with Crippen molar-refractivity contribution in [1.29, 1.82) is 0 Å². The number of ether oxygens (including phenoxy) is 1. The first-order valence-electron chi connectivity index (χ1n) is 9.96. The molecular weight excluding hydrogens is 342 g/mol. The molecule has 148 valence electrons. The van der Waals surface area contributed by atoms with E-state index in [0.29, 0.717) is 45.1 Å². The summed E-state index contributed by atoms with van der Waals surface area (Å²) in [5.74, 6) is 1.04. The molecule has 0 bridgehead atoms. The van der Waals surface area contributed by atoms with Crippen molar-refractivity contribution in [2.45, 2.75) is 25.2 Å². The zero-order valence-electron chi connectivity index (χ0n) is 16.2. The van der Waals surface area contributed by atoms with Gasteiger partial charge in [0.05, 0.1) is 13.2 Å². The van der Waals surface area contributed by atoms with Crippen LogP contribution in [0.25, 0.3) is 0 Å². The summed E-state index contributed by atoms with van der Waals surface area (Å²) in [5.41, 5.74) is 1.41. The van der Waals surface area contributed by atoms with Crippen LogP contribution in [0.3, 0.4) is 0 Å². The molecule has 0 spiro atoms. The van der Waals surface area contributed by atoms with Crippen molar-refractivity contribution in [3.05, 3.63) is 35.9 Å². The van der Waals surface area contributed by atoms with Gasteiger partial charge in [-0.05, 0) is 37.4 Å². The molecule has 1 aromatic carbocycles. The molecule has 0 saturated carbocycles. The Morgan fingerprint density at radius 3 is 2.67 bits per heavy atom. The third kappa shape index (κ3) is 5.78. The Hall–Kier alpha value is -1.92. The molecule has 6 heteroatoms. The van der Waals surface area contributed by atoms with Crippen molar-refractivity contribution in [2.24, 2.45) is 5.92 Å². The fraction of sp³-hybridized carbons (Fsp3) is 0.619. The smallest absolute Gasteiger partial charge is 0.234 e. The molecule has 2 saturated heterocycles. The van der Waals surface area contributed by atoms with Crippen LogP contribution in [0, 0.1) is 5.92 Å². The fourth-order valence-corrected chi connectivity index (χ4v) is 4.08. The Balaban J connectivity index is 1.34. The molecule has 0 unspecified atom stereocenters. The minimum Gasteiger partial charge on any atom is -0.383 e. The van der Waals surface area contributed by atoms with Gasteiger partial charge in [0.15, 0.2) is 0 Å². The first kappa shape index (κ1) is 19.8. The van der Waals surface area contributed by atoms with Crippen molar-refractivity contribution in [2.75, 3.05) is 53.0 Å². The van der Waals surface area contributed by atoms with Crippen LogP contribution >= 0.6 is 0 Å². The average Bonchev–Trinajstić information content (AvgIpc) is 3.05. The minimum atomic E-state index is 0.0657. The highest BCUT2D eigenvalue weighted by molar-refractivity contribution is 5.80. The molecule has 1 atom stereocenters. The largest absolute Gasteiger partial charge is 0.383 e. The molecule has 2 aliphatic heterocycles. The van der Waals surface area contributed by atoms with Crippen molar-refractivity contribution >= 4 is 11.8 Å². The lowest BCUT2D eigenvalue weighted by atomic mass is 9.89. The number of carbonyl (C=O) groups is 2. The first-order chi connectivity index (χ1) is 13.2. The van der Waals surface area contributed by atoms with Crippen LogP contribution in [0.15, 0.2) is 30.3 Å². The highest BCUT2D eigenvalue weighted by Gasteiger charge is 2.29. The number of likely N-dealkylation sites (tertiary alicyclic amines) is 2. The van der Waals surface area contributed by atoms with Crippen molar-refractivity contribution in [3.8, 4) is 0 Å². The molecule has 0 aliphatic carbocycles. The molecule has 0 radical (unpaired) electrons. The van der Waals surface area contributed by atoms with E-state index in [1.165, 1.54) is 5.56 Å². The average molecular weight is 373 g/mol. The van der Waals surface area contributed by atoms with Gasteiger partial charge in [0.25, 0.3) is 0 Å². The fourth-order valence-electron chi connectivity index (χ4n) is 4.08. The van der Waals surface area contributed by atoms with E-state index in [9.17, 15) is 9.59 Å². The van der Waals surface area contributed by atoms with Gasteiger partial charge in [-0.25, -0.2) is 0 Å². The van der Waals surface area contributed by atoms with E-state index in [0.717, 1.165) is 25.9 Å². The maximum atomic E-state index is 12.3. The van der Waals surface area contributed by atoms with Crippen molar-refractivity contribution in [3.63, 3.8) is 0 Å². The normalized spacial score (nSPS) is 21.6. The predicted octanol–water partition coefficient (Wildman–Crippen LogP) is 1.48. The van der Waals surface area contributed by atoms with Crippen molar-refractivity contribution in [1.82, 2.24) is 15.1 Å². The summed E-state index contributed by atoms with van der Waals surface area (Å²) in [5, 5.41) is 3.02. The molecule has 27 heavy (non-hydrogen) atoms. The molecule has 2 fully saturated rings. The lowest BCUT2D eigenvalue weighted by molar-refractivity contribution is -0.128. The number of piperidine rings is 1. The van der Waals surface area contributed by atoms with Gasteiger partial charge in [0.2, 0.25) is 11.8 Å². The zero-order valence-corrected chi connectivity index (χ0v) is 16.2. The van der Waals surface area contributed by atoms with Crippen LogP contribution < -0.4 is 5.32 Å². The monoisotopic (exact) mass is 373 g/mol. The molecule has 2 heterocycles. The Morgan fingerprint density at radius 2 is 1.96 bits per heavy atom. The highest BCUT2D eigenvalue weighted by atomic mass is 16.5. The van der Waals surface area contributed by atoms with Crippen LogP contribution in [0.4, 0.5) is 0 Å². The van der Waals surface area contributed by atoms with Crippen LogP contribution in [0.1, 0.15) is 30.7 Å². The second kappa shape index (κ2) is 9.85.